The number of aromatic nitrogens is 1. The second kappa shape index (κ2) is 4.32. The van der Waals surface area contributed by atoms with E-state index in [2.05, 4.69) is 14.4 Å². The van der Waals surface area contributed by atoms with Gasteiger partial charge in [0.2, 0.25) is 0 Å². The highest BCUT2D eigenvalue weighted by molar-refractivity contribution is 5.94. The number of methoxy groups -OCH3 is 1. The summed E-state index contributed by atoms with van der Waals surface area (Å²) in [6.07, 6.45) is 1.10. The highest BCUT2D eigenvalue weighted by Crippen LogP contribution is 2.26. The van der Waals surface area contributed by atoms with Gasteiger partial charge in [0, 0.05) is 11.6 Å². The molecule has 0 bridgehead atoms. The van der Waals surface area contributed by atoms with Gasteiger partial charge in [-0.2, -0.15) is 0 Å². The minimum atomic E-state index is -0.807. The molecule has 0 amide bonds. The molecular formula is C11H7F2NO3. The highest BCUT2D eigenvalue weighted by Gasteiger charge is 2.20. The normalized spacial score (nSPS) is 10.3. The van der Waals surface area contributed by atoms with Crippen molar-refractivity contribution in [3.63, 3.8) is 0 Å². The van der Waals surface area contributed by atoms with Crippen molar-refractivity contribution in [2.45, 2.75) is 0 Å². The van der Waals surface area contributed by atoms with Crippen LogP contribution in [0.15, 0.2) is 29.0 Å². The van der Waals surface area contributed by atoms with Crippen molar-refractivity contribution >= 4 is 5.97 Å². The minimum Gasteiger partial charge on any atom is -0.464 e. The van der Waals surface area contributed by atoms with Crippen molar-refractivity contribution in [1.82, 2.24) is 5.16 Å². The van der Waals surface area contributed by atoms with E-state index in [0.717, 1.165) is 12.3 Å². The van der Waals surface area contributed by atoms with Crippen LogP contribution in [0.1, 0.15) is 10.5 Å². The van der Waals surface area contributed by atoms with Gasteiger partial charge in [-0.3, -0.25) is 0 Å². The number of carbonyl (C=O) groups excluding carboxylic acids is 1. The molecule has 1 heterocycles. The molecule has 0 N–H and O–H groups in total. The molecule has 0 saturated carbocycles. The highest BCUT2D eigenvalue weighted by atomic mass is 19.1. The summed E-state index contributed by atoms with van der Waals surface area (Å²) in [5.74, 6) is -2.27. The third-order valence-electron chi connectivity index (χ3n) is 2.17. The minimum absolute atomic E-state index is 0.0213. The molecule has 0 spiro atoms. The van der Waals surface area contributed by atoms with Crippen LogP contribution in [0, 0.1) is 11.6 Å². The van der Waals surface area contributed by atoms with Crippen molar-refractivity contribution in [2.24, 2.45) is 0 Å². The Hall–Kier alpha value is -2.24. The van der Waals surface area contributed by atoms with E-state index in [-0.39, 0.29) is 16.8 Å². The fraction of sp³-hybridized carbons (Fsp3) is 0.0909. The van der Waals surface area contributed by atoms with Gasteiger partial charge in [0.05, 0.1) is 12.7 Å². The van der Waals surface area contributed by atoms with Gasteiger partial charge in [0.15, 0.2) is 5.69 Å². The van der Waals surface area contributed by atoms with Gasteiger partial charge in [-0.25, -0.2) is 13.6 Å². The van der Waals surface area contributed by atoms with Crippen molar-refractivity contribution in [2.75, 3.05) is 7.11 Å². The summed E-state index contributed by atoms with van der Waals surface area (Å²) in [6, 6.07) is 2.99. The molecule has 88 valence electrons. The molecule has 0 atom stereocenters. The van der Waals surface area contributed by atoms with Crippen molar-refractivity contribution in [3.05, 3.63) is 41.8 Å². The molecule has 0 fully saturated rings. The molecular weight excluding hydrogens is 232 g/mol. The Labute approximate surface area is 94.8 Å². The summed E-state index contributed by atoms with van der Waals surface area (Å²) in [4.78, 5) is 11.3. The fourth-order valence-corrected chi connectivity index (χ4v) is 1.38. The summed E-state index contributed by atoms with van der Waals surface area (Å²) < 4.78 is 35.3. The summed E-state index contributed by atoms with van der Waals surface area (Å²) in [5, 5.41) is 3.42. The quantitative estimate of drug-likeness (QED) is 0.755. The van der Waals surface area contributed by atoms with Gasteiger partial charge in [0.1, 0.15) is 17.9 Å². The van der Waals surface area contributed by atoms with E-state index in [1.807, 2.05) is 0 Å². The lowest BCUT2D eigenvalue weighted by molar-refractivity contribution is 0.0590. The van der Waals surface area contributed by atoms with Crippen LogP contribution in [-0.4, -0.2) is 18.2 Å². The number of halogens is 2. The van der Waals surface area contributed by atoms with Gasteiger partial charge in [-0.15, -0.1) is 0 Å². The smallest absolute Gasteiger partial charge is 0.360 e. The van der Waals surface area contributed by atoms with E-state index in [9.17, 15) is 13.6 Å². The molecule has 1 aromatic heterocycles. The maximum absolute atomic E-state index is 13.5. The van der Waals surface area contributed by atoms with Gasteiger partial charge >= 0.3 is 5.97 Å². The molecule has 17 heavy (non-hydrogen) atoms. The van der Waals surface area contributed by atoms with Crippen LogP contribution >= 0.6 is 0 Å². The van der Waals surface area contributed by atoms with Crippen LogP contribution in [0.4, 0.5) is 8.78 Å². The maximum atomic E-state index is 13.5. The Morgan fingerprint density at radius 1 is 1.35 bits per heavy atom. The Morgan fingerprint density at radius 2 is 2.12 bits per heavy atom. The number of rotatable bonds is 2. The monoisotopic (exact) mass is 239 g/mol. The largest absolute Gasteiger partial charge is 0.464 e. The maximum Gasteiger partial charge on any atom is 0.360 e. The van der Waals surface area contributed by atoms with E-state index >= 15 is 0 Å². The number of ether oxygens (including phenoxy) is 1. The van der Waals surface area contributed by atoms with Crippen molar-refractivity contribution < 1.29 is 22.8 Å². The second-order valence-electron chi connectivity index (χ2n) is 3.19. The molecule has 0 aliphatic carbocycles. The van der Waals surface area contributed by atoms with Crippen LogP contribution < -0.4 is 0 Å². The molecule has 0 saturated heterocycles. The average Bonchev–Trinajstić information content (AvgIpc) is 2.77. The summed E-state index contributed by atoms with van der Waals surface area (Å²) >= 11 is 0. The number of esters is 1. The number of nitrogens with zero attached hydrogens (tertiary/aromatic N) is 1. The summed E-state index contributed by atoms with van der Waals surface area (Å²) in [5.41, 5.74) is -0.0135. The SMILES string of the molecule is COC(=O)c1nocc1-c1ccc(F)cc1F. The molecule has 2 aromatic rings. The first-order valence-electron chi connectivity index (χ1n) is 4.61. The molecule has 0 aliphatic rings. The van der Waals surface area contributed by atoms with Gasteiger partial charge in [0.25, 0.3) is 0 Å². The Bertz CT molecular complexity index is 566. The van der Waals surface area contributed by atoms with E-state index < -0.39 is 17.6 Å². The van der Waals surface area contributed by atoms with Gasteiger partial charge in [-0.05, 0) is 12.1 Å². The zero-order valence-electron chi connectivity index (χ0n) is 8.74. The molecule has 0 unspecified atom stereocenters. The second-order valence-corrected chi connectivity index (χ2v) is 3.19. The van der Waals surface area contributed by atoms with E-state index in [1.54, 1.807) is 0 Å². The number of carbonyl (C=O) groups is 1. The third-order valence-corrected chi connectivity index (χ3v) is 2.17. The van der Waals surface area contributed by atoms with Crippen LogP contribution in [-0.2, 0) is 4.74 Å². The van der Waals surface area contributed by atoms with Crippen LogP contribution in [0.2, 0.25) is 0 Å². The molecule has 6 heteroatoms. The van der Waals surface area contributed by atoms with E-state index in [1.165, 1.54) is 13.2 Å². The first-order valence-corrected chi connectivity index (χ1v) is 4.61. The molecule has 0 aliphatic heterocycles. The topological polar surface area (TPSA) is 52.3 Å². The lowest BCUT2D eigenvalue weighted by Crippen LogP contribution is -2.03. The predicted octanol–water partition coefficient (Wildman–Crippen LogP) is 2.41. The molecule has 0 radical (unpaired) electrons. The number of benzene rings is 1. The molecule has 4 nitrogen and oxygen atoms in total. The fourth-order valence-electron chi connectivity index (χ4n) is 1.38. The van der Waals surface area contributed by atoms with Crippen molar-refractivity contribution in [1.29, 1.82) is 0 Å². The Morgan fingerprint density at radius 3 is 2.76 bits per heavy atom. The zero-order chi connectivity index (χ0) is 12.4. The van der Waals surface area contributed by atoms with Crippen LogP contribution in [0.3, 0.4) is 0 Å². The first kappa shape index (κ1) is 11.3. The first-order chi connectivity index (χ1) is 8.13. The summed E-state index contributed by atoms with van der Waals surface area (Å²) in [7, 11) is 1.17. The van der Waals surface area contributed by atoms with E-state index in [0.29, 0.717) is 6.07 Å². The zero-order valence-corrected chi connectivity index (χ0v) is 8.74. The molecule has 2 rings (SSSR count). The summed E-state index contributed by atoms with van der Waals surface area (Å²) in [6.45, 7) is 0. The molecule has 1 aromatic carbocycles. The van der Waals surface area contributed by atoms with Gasteiger partial charge in [-0.1, -0.05) is 5.16 Å². The number of hydrogen-bond donors (Lipinski definition) is 0. The van der Waals surface area contributed by atoms with Crippen LogP contribution in [0.25, 0.3) is 11.1 Å². The Balaban J connectivity index is 2.53. The lowest BCUT2D eigenvalue weighted by atomic mass is 10.1. The van der Waals surface area contributed by atoms with E-state index in [4.69, 9.17) is 0 Å². The predicted molar refractivity (Wildman–Crippen MR) is 53.2 cm³/mol. The van der Waals surface area contributed by atoms with Gasteiger partial charge < -0.3 is 9.26 Å². The number of hydrogen-bond acceptors (Lipinski definition) is 4. The van der Waals surface area contributed by atoms with Crippen LogP contribution in [0.5, 0.6) is 0 Å². The van der Waals surface area contributed by atoms with Crippen molar-refractivity contribution in [3.8, 4) is 11.1 Å². The standard InChI is InChI=1S/C11H7F2NO3/c1-16-11(15)10-8(5-17-14-10)7-3-2-6(12)4-9(7)13/h2-5H,1H3. The lowest BCUT2D eigenvalue weighted by Gasteiger charge is -2.01. The third kappa shape index (κ3) is 2.01. The average molecular weight is 239 g/mol. The Kier molecular flexibility index (Phi) is 2.86.